The summed E-state index contributed by atoms with van der Waals surface area (Å²) in [6.45, 7) is 5.17. The largest absolute Gasteiger partial charge is 0.454 e. The maximum atomic E-state index is 12.5. The molecule has 0 radical (unpaired) electrons. The minimum atomic E-state index is -0.885. The molecule has 1 unspecified atom stereocenters. The third kappa shape index (κ3) is 5.51. The number of nitrogens with zero attached hydrogens (tertiary/aromatic N) is 1. The fourth-order valence-electron chi connectivity index (χ4n) is 2.78. The quantitative estimate of drug-likeness (QED) is 0.421. The summed E-state index contributed by atoms with van der Waals surface area (Å²) in [5.74, 6) is -0.945. The van der Waals surface area contributed by atoms with Crippen LogP contribution in [0, 0.1) is 5.92 Å². The van der Waals surface area contributed by atoms with Crippen molar-refractivity contribution < 1.29 is 19.1 Å². The van der Waals surface area contributed by atoms with Crippen molar-refractivity contribution >= 4 is 44.9 Å². The van der Waals surface area contributed by atoms with Gasteiger partial charge in [-0.15, -0.1) is 11.3 Å². The molecule has 0 aliphatic rings. The molecule has 2 aromatic carbocycles. The van der Waals surface area contributed by atoms with Crippen molar-refractivity contribution in [1.29, 1.82) is 0 Å². The molecule has 0 aliphatic heterocycles. The summed E-state index contributed by atoms with van der Waals surface area (Å²) in [5.41, 5.74) is 1.96. The van der Waals surface area contributed by atoms with E-state index in [0.717, 1.165) is 15.2 Å². The van der Waals surface area contributed by atoms with Crippen LogP contribution >= 0.6 is 11.3 Å². The molecule has 0 fully saturated rings. The van der Waals surface area contributed by atoms with E-state index in [2.05, 4.69) is 10.3 Å². The monoisotopic (exact) mass is 424 g/mol. The van der Waals surface area contributed by atoms with Gasteiger partial charge in [0.1, 0.15) is 0 Å². The number of hydrogen-bond acceptors (Lipinski definition) is 6. The Morgan fingerprint density at radius 3 is 2.40 bits per heavy atom. The Hall–Kier alpha value is -3.06. The standard InChI is InChI=1S/C23H24N2O4S/c1-14(2)23(28)24-17-10-8-16(9-11-17)22(27)15(3)29-21(26)13-12-20-25-18-6-4-5-7-19(18)30-20/h4-11,14-15H,12-13H2,1-3H3,(H,24,28). The topological polar surface area (TPSA) is 85.4 Å². The number of para-hydroxylation sites is 1. The van der Waals surface area contributed by atoms with Crippen LogP contribution in [-0.4, -0.2) is 28.7 Å². The number of esters is 1. The molecular formula is C23H24N2O4S. The number of anilines is 1. The summed E-state index contributed by atoms with van der Waals surface area (Å²) in [5, 5.41) is 3.64. The van der Waals surface area contributed by atoms with Crippen LogP contribution in [0.15, 0.2) is 48.5 Å². The Morgan fingerprint density at radius 2 is 1.73 bits per heavy atom. The van der Waals surface area contributed by atoms with E-state index in [1.165, 1.54) is 0 Å². The lowest BCUT2D eigenvalue weighted by Gasteiger charge is -2.13. The van der Waals surface area contributed by atoms with Crippen LogP contribution in [0.5, 0.6) is 0 Å². The molecule has 156 valence electrons. The molecule has 0 aliphatic carbocycles. The average Bonchev–Trinajstić information content (AvgIpc) is 3.15. The molecule has 6 nitrogen and oxygen atoms in total. The second-order valence-electron chi connectivity index (χ2n) is 7.29. The first kappa shape index (κ1) is 21.6. The van der Waals surface area contributed by atoms with E-state index in [0.29, 0.717) is 17.7 Å². The maximum absolute atomic E-state index is 12.5. The number of fused-ring (bicyclic) bond motifs is 1. The van der Waals surface area contributed by atoms with Crippen LogP contribution in [0.3, 0.4) is 0 Å². The summed E-state index contributed by atoms with van der Waals surface area (Å²) in [4.78, 5) is 40.9. The SMILES string of the molecule is CC(C)C(=O)Nc1ccc(C(=O)C(C)OC(=O)CCc2nc3ccccc3s2)cc1. The number of carbonyl (C=O) groups is 3. The van der Waals surface area contributed by atoms with Crippen molar-refractivity contribution in [3.63, 3.8) is 0 Å². The fraction of sp³-hybridized carbons (Fsp3) is 0.304. The molecule has 0 bridgehead atoms. The summed E-state index contributed by atoms with van der Waals surface area (Å²) >= 11 is 1.55. The van der Waals surface area contributed by atoms with Crippen molar-refractivity contribution in [1.82, 2.24) is 4.98 Å². The minimum absolute atomic E-state index is 0.0931. The normalized spacial score (nSPS) is 12.0. The number of thiazole rings is 1. The molecule has 1 atom stereocenters. The highest BCUT2D eigenvalue weighted by Gasteiger charge is 2.20. The van der Waals surface area contributed by atoms with Crippen molar-refractivity contribution in [3.8, 4) is 0 Å². The second kappa shape index (κ2) is 9.63. The van der Waals surface area contributed by atoms with Gasteiger partial charge in [0.05, 0.1) is 21.6 Å². The lowest BCUT2D eigenvalue weighted by molar-refractivity contribution is -0.146. The van der Waals surface area contributed by atoms with Crippen molar-refractivity contribution in [2.24, 2.45) is 5.92 Å². The highest BCUT2D eigenvalue weighted by atomic mass is 32.1. The molecule has 1 heterocycles. The number of aromatic nitrogens is 1. The second-order valence-corrected chi connectivity index (χ2v) is 8.41. The van der Waals surface area contributed by atoms with Gasteiger partial charge in [-0.2, -0.15) is 0 Å². The molecule has 0 saturated carbocycles. The summed E-state index contributed by atoms with van der Waals surface area (Å²) < 4.78 is 6.39. The minimum Gasteiger partial charge on any atom is -0.454 e. The zero-order valence-electron chi connectivity index (χ0n) is 17.2. The number of ketones is 1. The number of hydrogen-bond donors (Lipinski definition) is 1. The van der Waals surface area contributed by atoms with E-state index < -0.39 is 12.1 Å². The van der Waals surface area contributed by atoms with E-state index in [1.54, 1.807) is 56.4 Å². The molecule has 1 amide bonds. The van der Waals surface area contributed by atoms with E-state index >= 15 is 0 Å². The third-order valence-electron chi connectivity index (χ3n) is 4.52. The van der Waals surface area contributed by atoms with Gasteiger partial charge < -0.3 is 10.1 Å². The van der Waals surface area contributed by atoms with Gasteiger partial charge in [-0.1, -0.05) is 26.0 Å². The molecule has 3 rings (SSSR count). The van der Waals surface area contributed by atoms with Gasteiger partial charge in [0, 0.05) is 23.6 Å². The molecule has 7 heteroatoms. The summed E-state index contributed by atoms with van der Waals surface area (Å²) in [6.07, 6.45) is -0.245. The number of Topliss-reactive ketones (excluding diaryl/α,β-unsaturated/α-hetero) is 1. The van der Waals surface area contributed by atoms with Gasteiger partial charge in [0.25, 0.3) is 0 Å². The Morgan fingerprint density at radius 1 is 1.03 bits per heavy atom. The van der Waals surface area contributed by atoms with Gasteiger partial charge in [0.2, 0.25) is 11.7 Å². The highest BCUT2D eigenvalue weighted by molar-refractivity contribution is 7.18. The van der Waals surface area contributed by atoms with Crippen LogP contribution in [0.1, 0.15) is 42.6 Å². The molecule has 0 spiro atoms. The van der Waals surface area contributed by atoms with Crippen LogP contribution in [-0.2, 0) is 20.7 Å². The lowest BCUT2D eigenvalue weighted by Crippen LogP contribution is -2.24. The number of amides is 1. The van der Waals surface area contributed by atoms with Crippen molar-refractivity contribution in [2.45, 2.75) is 39.7 Å². The molecule has 1 aromatic heterocycles. The molecule has 0 saturated heterocycles. The van der Waals surface area contributed by atoms with Crippen LogP contribution in [0.4, 0.5) is 5.69 Å². The zero-order chi connectivity index (χ0) is 21.7. The van der Waals surface area contributed by atoms with Crippen LogP contribution in [0.2, 0.25) is 0 Å². The summed E-state index contributed by atoms with van der Waals surface area (Å²) in [7, 11) is 0. The number of carbonyl (C=O) groups excluding carboxylic acids is 3. The van der Waals surface area contributed by atoms with Crippen molar-refractivity contribution in [3.05, 3.63) is 59.1 Å². The predicted octanol–water partition coefficient (Wildman–Crippen LogP) is 4.64. The Kier molecular flexibility index (Phi) is 6.95. The summed E-state index contributed by atoms with van der Waals surface area (Å²) in [6, 6.07) is 14.4. The predicted molar refractivity (Wildman–Crippen MR) is 118 cm³/mol. The zero-order valence-corrected chi connectivity index (χ0v) is 18.0. The Labute approximate surface area is 179 Å². The number of nitrogens with one attached hydrogen (secondary N) is 1. The van der Waals surface area contributed by atoms with Crippen LogP contribution in [0.25, 0.3) is 10.2 Å². The van der Waals surface area contributed by atoms with Gasteiger partial charge >= 0.3 is 5.97 Å². The fourth-order valence-corrected chi connectivity index (χ4v) is 3.75. The number of ether oxygens (including phenoxy) is 1. The average molecular weight is 425 g/mol. The number of aryl methyl sites for hydroxylation is 1. The van der Waals surface area contributed by atoms with Crippen molar-refractivity contribution in [2.75, 3.05) is 5.32 Å². The lowest BCUT2D eigenvalue weighted by atomic mass is 10.1. The smallest absolute Gasteiger partial charge is 0.306 e. The highest BCUT2D eigenvalue weighted by Crippen LogP contribution is 2.22. The van der Waals surface area contributed by atoms with Crippen LogP contribution < -0.4 is 5.32 Å². The van der Waals surface area contributed by atoms with E-state index in [4.69, 9.17) is 4.74 Å². The first-order valence-electron chi connectivity index (χ1n) is 9.82. The van der Waals surface area contributed by atoms with E-state index in [1.807, 2.05) is 24.3 Å². The molecule has 3 aromatic rings. The van der Waals surface area contributed by atoms with E-state index in [9.17, 15) is 14.4 Å². The van der Waals surface area contributed by atoms with Gasteiger partial charge in [-0.25, -0.2) is 4.98 Å². The molecule has 1 N–H and O–H groups in total. The van der Waals surface area contributed by atoms with Gasteiger partial charge in [-0.05, 0) is 43.3 Å². The first-order chi connectivity index (χ1) is 14.3. The Balaban J connectivity index is 1.51. The number of benzene rings is 2. The first-order valence-corrected chi connectivity index (χ1v) is 10.6. The molecular weight excluding hydrogens is 400 g/mol. The third-order valence-corrected chi connectivity index (χ3v) is 5.62. The Bertz CT molecular complexity index is 1020. The maximum Gasteiger partial charge on any atom is 0.306 e. The number of rotatable bonds is 8. The van der Waals surface area contributed by atoms with Gasteiger partial charge in [0.15, 0.2) is 6.10 Å². The molecule has 30 heavy (non-hydrogen) atoms. The van der Waals surface area contributed by atoms with E-state index in [-0.39, 0.29) is 24.0 Å². The van der Waals surface area contributed by atoms with Gasteiger partial charge in [-0.3, -0.25) is 14.4 Å².